The van der Waals surface area contributed by atoms with Crippen LogP contribution in [0.3, 0.4) is 0 Å². The molecule has 0 rings (SSSR count). The fourth-order valence-corrected chi connectivity index (χ4v) is 2.06. The Morgan fingerprint density at radius 1 is 0.737 bits per heavy atom. The molecule has 0 unspecified atom stereocenters. The van der Waals surface area contributed by atoms with Crippen molar-refractivity contribution in [2.24, 2.45) is 0 Å². The third-order valence-electron chi connectivity index (χ3n) is 3.29. The molecule has 0 spiro atoms. The molecule has 0 aromatic carbocycles. The molecule has 0 bridgehead atoms. The smallest absolute Gasteiger partial charge is 0.219 e. The minimum absolute atomic E-state index is 0.237. The molecule has 0 aromatic heterocycles. The molecule has 3 nitrogen and oxygen atoms in total. The summed E-state index contributed by atoms with van der Waals surface area (Å²) in [5.74, 6) is 0.237. The molecule has 0 saturated carbocycles. The van der Waals surface area contributed by atoms with E-state index in [9.17, 15) is 4.79 Å². The summed E-state index contributed by atoms with van der Waals surface area (Å²) in [6.45, 7) is 7.51. The van der Waals surface area contributed by atoms with Crippen LogP contribution < -0.4 is 10.6 Å². The van der Waals surface area contributed by atoms with E-state index in [0.717, 1.165) is 32.5 Å². The van der Waals surface area contributed by atoms with Gasteiger partial charge in [-0.05, 0) is 38.8 Å². The standard InChI is InChI=1S/C16H34N2O/c1-3-5-10-15-18-16(19)12-9-7-6-8-11-14-17-13-4-2/h17H,3-15H2,1-2H3,(H,18,19). The minimum atomic E-state index is 0.237. The summed E-state index contributed by atoms with van der Waals surface area (Å²) in [7, 11) is 0. The molecule has 114 valence electrons. The lowest BCUT2D eigenvalue weighted by atomic mass is 10.1. The van der Waals surface area contributed by atoms with E-state index in [0.29, 0.717) is 6.42 Å². The first-order chi connectivity index (χ1) is 9.31. The summed E-state index contributed by atoms with van der Waals surface area (Å²) < 4.78 is 0. The third-order valence-corrected chi connectivity index (χ3v) is 3.29. The normalized spacial score (nSPS) is 10.6. The van der Waals surface area contributed by atoms with Gasteiger partial charge >= 0.3 is 0 Å². The van der Waals surface area contributed by atoms with Crippen LogP contribution in [-0.4, -0.2) is 25.5 Å². The number of carbonyl (C=O) groups excluding carboxylic acids is 1. The highest BCUT2D eigenvalue weighted by Gasteiger charge is 1.99. The van der Waals surface area contributed by atoms with Crippen molar-refractivity contribution in [3.8, 4) is 0 Å². The van der Waals surface area contributed by atoms with Crippen LogP contribution in [0, 0.1) is 0 Å². The zero-order chi connectivity index (χ0) is 14.2. The van der Waals surface area contributed by atoms with Crippen molar-refractivity contribution < 1.29 is 4.79 Å². The Morgan fingerprint density at radius 2 is 1.42 bits per heavy atom. The van der Waals surface area contributed by atoms with Gasteiger partial charge in [0, 0.05) is 13.0 Å². The van der Waals surface area contributed by atoms with Gasteiger partial charge in [0.2, 0.25) is 5.91 Å². The van der Waals surface area contributed by atoms with E-state index in [1.54, 1.807) is 0 Å². The second-order valence-electron chi connectivity index (χ2n) is 5.32. The number of hydrogen-bond donors (Lipinski definition) is 2. The van der Waals surface area contributed by atoms with Crippen LogP contribution in [0.5, 0.6) is 0 Å². The van der Waals surface area contributed by atoms with Crippen molar-refractivity contribution in [2.45, 2.75) is 78.1 Å². The quantitative estimate of drug-likeness (QED) is 0.473. The molecule has 3 heteroatoms. The van der Waals surface area contributed by atoms with Crippen LogP contribution in [0.25, 0.3) is 0 Å². The van der Waals surface area contributed by atoms with Gasteiger partial charge in [-0.2, -0.15) is 0 Å². The lowest BCUT2D eigenvalue weighted by Crippen LogP contribution is -2.23. The van der Waals surface area contributed by atoms with E-state index in [4.69, 9.17) is 0 Å². The highest BCUT2D eigenvalue weighted by atomic mass is 16.1. The molecule has 0 aliphatic carbocycles. The maximum absolute atomic E-state index is 11.5. The first kappa shape index (κ1) is 18.4. The average molecular weight is 270 g/mol. The average Bonchev–Trinajstić information content (AvgIpc) is 2.42. The topological polar surface area (TPSA) is 41.1 Å². The summed E-state index contributed by atoms with van der Waals surface area (Å²) in [4.78, 5) is 11.5. The molecule has 19 heavy (non-hydrogen) atoms. The van der Waals surface area contributed by atoms with Crippen molar-refractivity contribution in [3.63, 3.8) is 0 Å². The number of unbranched alkanes of at least 4 members (excludes halogenated alkanes) is 6. The van der Waals surface area contributed by atoms with Crippen LogP contribution in [0.15, 0.2) is 0 Å². The van der Waals surface area contributed by atoms with Crippen LogP contribution >= 0.6 is 0 Å². The molecule has 1 amide bonds. The third kappa shape index (κ3) is 15.4. The monoisotopic (exact) mass is 270 g/mol. The summed E-state index contributed by atoms with van der Waals surface area (Å²) in [6.07, 6.45) is 11.5. The molecule has 0 atom stereocenters. The number of rotatable bonds is 14. The summed E-state index contributed by atoms with van der Waals surface area (Å²) in [5.41, 5.74) is 0. The van der Waals surface area contributed by atoms with Crippen molar-refractivity contribution in [1.29, 1.82) is 0 Å². The molecular weight excluding hydrogens is 236 g/mol. The van der Waals surface area contributed by atoms with E-state index in [2.05, 4.69) is 24.5 Å². The highest BCUT2D eigenvalue weighted by Crippen LogP contribution is 2.05. The van der Waals surface area contributed by atoms with Crippen LogP contribution in [0.4, 0.5) is 0 Å². The number of amides is 1. The molecule has 0 aromatic rings. The summed E-state index contributed by atoms with van der Waals surface area (Å²) in [5, 5.41) is 6.41. The highest BCUT2D eigenvalue weighted by molar-refractivity contribution is 5.75. The Labute approximate surface area is 119 Å². The first-order valence-corrected chi connectivity index (χ1v) is 8.28. The van der Waals surface area contributed by atoms with E-state index in [1.165, 1.54) is 44.9 Å². The Hall–Kier alpha value is -0.570. The predicted octanol–water partition coefficient (Wildman–Crippen LogP) is 3.63. The first-order valence-electron chi connectivity index (χ1n) is 8.28. The number of nitrogens with one attached hydrogen (secondary N) is 2. The summed E-state index contributed by atoms with van der Waals surface area (Å²) in [6, 6.07) is 0. The van der Waals surface area contributed by atoms with Crippen molar-refractivity contribution in [2.75, 3.05) is 19.6 Å². The summed E-state index contributed by atoms with van der Waals surface area (Å²) >= 11 is 0. The SMILES string of the molecule is CCCCCNC(=O)CCCCCCCNCCC. The lowest BCUT2D eigenvalue weighted by molar-refractivity contribution is -0.121. The molecule has 2 N–H and O–H groups in total. The van der Waals surface area contributed by atoms with Crippen molar-refractivity contribution in [3.05, 3.63) is 0 Å². The molecule has 0 fully saturated rings. The van der Waals surface area contributed by atoms with Gasteiger partial charge in [0.05, 0.1) is 0 Å². The van der Waals surface area contributed by atoms with Gasteiger partial charge in [-0.25, -0.2) is 0 Å². The van der Waals surface area contributed by atoms with Crippen LogP contribution in [0.1, 0.15) is 78.1 Å². The Morgan fingerprint density at radius 3 is 2.16 bits per heavy atom. The van der Waals surface area contributed by atoms with Gasteiger partial charge in [0.1, 0.15) is 0 Å². The second-order valence-corrected chi connectivity index (χ2v) is 5.32. The fourth-order valence-electron chi connectivity index (χ4n) is 2.06. The molecule has 0 saturated heterocycles. The molecule has 0 radical (unpaired) electrons. The van der Waals surface area contributed by atoms with Gasteiger partial charge in [0.25, 0.3) is 0 Å². The number of hydrogen-bond acceptors (Lipinski definition) is 2. The predicted molar refractivity (Wildman–Crippen MR) is 83.4 cm³/mol. The zero-order valence-electron chi connectivity index (χ0n) is 13.1. The molecule has 0 aliphatic rings. The maximum atomic E-state index is 11.5. The van der Waals surface area contributed by atoms with Gasteiger partial charge in [-0.1, -0.05) is 46.0 Å². The van der Waals surface area contributed by atoms with Crippen LogP contribution in [0.2, 0.25) is 0 Å². The van der Waals surface area contributed by atoms with E-state index >= 15 is 0 Å². The van der Waals surface area contributed by atoms with E-state index in [-0.39, 0.29) is 5.91 Å². The van der Waals surface area contributed by atoms with Gasteiger partial charge in [-0.15, -0.1) is 0 Å². The molecule has 0 heterocycles. The van der Waals surface area contributed by atoms with Crippen molar-refractivity contribution >= 4 is 5.91 Å². The second kappa shape index (κ2) is 15.5. The van der Waals surface area contributed by atoms with Gasteiger partial charge in [0.15, 0.2) is 0 Å². The van der Waals surface area contributed by atoms with Gasteiger partial charge < -0.3 is 10.6 Å². The maximum Gasteiger partial charge on any atom is 0.219 e. The lowest BCUT2D eigenvalue weighted by Gasteiger charge is -2.05. The largest absolute Gasteiger partial charge is 0.356 e. The van der Waals surface area contributed by atoms with Gasteiger partial charge in [-0.3, -0.25) is 4.79 Å². The Balaban J connectivity index is 3.10. The van der Waals surface area contributed by atoms with E-state index < -0.39 is 0 Å². The zero-order valence-corrected chi connectivity index (χ0v) is 13.1. The Kier molecular flexibility index (Phi) is 15.0. The minimum Gasteiger partial charge on any atom is -0.356 e. The van der Waals surface area contributed by atoms with Crippen LogP contribution in [-0.2, 0) is 4.79 Å². The Bertz CT molecular complexity index is 195. The molecule has 0 aliphatic heterocycles. The fraction of sp³-hybridized carbons (Fsp3) is 0.938. The van der Waals surface area contributed by atoms with Crippen molar-refractivity contribution in [1.82, 2.24) is 10.6 Å². The molecular formula is C16H34N2O. The van der Waals surface area contributed by atoms with E-state index in [1.807, 2.05) is 0 Å². The number of carbonyl (C=O) groups is 1.